The molecule has 0 aliphatic rings. The molecule has 1 aromatic rings. The minimum Gasteiger partial charge on any atom is -0.361 e. The summed E-state index contributed by atoms with van der Waals surface area (Å²) >= 11 is 5.28. The van der Waals surface area contributed by atoms with Crippen molar-refractivity contribution in [3.63, 3.8) is 0 Å². The Hall–Kier alpha value is -1.68. The fourth-order valence-electron chi connectivity index (χ4n) is 3.60. The Morgan fingerprint density at radius 3 is 1.87 bits per heavy atom. The lowest BCUT2D eigenvalue weighted by Gasteiger charge is -2.07. The van der Waals surface area contributed by atoms with Gasteiger partial charge in [-0.25, -0.2) is 0 Å². The number of hydrogen-bond acceptors (Lipinski definition) is 2. The second kappa shape index (κ2) is 20.2. The molecule has 0 saturated carbocycles. The highest BCUT2D eigenvalue weighted by Gasteiger charge is 1.96. The standard InChI is InChI=1S/C27H45N3S/c1-3-4-5-6-7-8-9-10-11-12-13-14-15-19-22-28-27(31)30-29-24-25(2)23-26-20-17-16-18-21-26/h16-18,20-21,23-24H,3-15,19,22H2,1-2H3,(H2,28,30,31)/b25-23-,29-24-. The van der Waals surface area contributed by atoms with E-state index in [1.807, 2.05) is 25.1 Å². The molecule has 4 heteroatoms. The predicted molar refractivity (Wildman–Crippen MR) is 143 cm³/mol. The molecular weight excluding hydrogens is 398 g/mol. The van der Waals surface area contributed by atoms with Crippen molar-refractivity contribution in [2.24, 2.45) is 5.10 Å². The van der Waals surface area contributed by atoms with Crippen molar-refractivity contribution >= 4 is 29.6 Å². The normalized spacial score (nSPS) is 11.7. The molecule has 0 unspecified atom stereocenters. The highest BCUT2D eigenvalue weighted by Crippen LogP contribution is 2.12. The average Bonchev–Trinajstić information content (AvgIpc) is 2.77. The molecule has 2 N–H and O–H groups in total. The molecule has 0 amide bonds. The van der Waals surface area contributed by atoms with E-state index in [4.69, 9.17) is 12.2 Å². The monoisotopic (exact) mass is 443 g/mol. The van der Waals surface area contributed by atoms with E-state index >= 15 is 0 Å². The number of rotatable bonds is 18. The molecule has 3 nitrogen and oxygen atoms in total. The van der Waals surface area contributed by atoms with E-state index in [0.717, 1.165) is 18.5 Å². The van der Waals surface area contributed by atoms with Crippen LogP contribution in [0.2, 0.25) is 0 Å². The first-order valence-corrected chi connectivity index (χ1v) is 12.9. The molecule has 0 aliphatic heterocycles. The summed E-state index contributed by atoms with van der Waals surface area (Å²) in [6, 6.07) is 10.2. The summed E-state index contributed by atoms with van der Waals surface area (Å²) in [7, 11) is 0. The Morgan fingerprint density at radius 2 is 1.32 bits per heavy atom. The maximum Gasteiger partial charge on any atom is 0.186 e. The molecule has 174 valence electrons. The molecular formula is C27H45N3S. The van der Waals surface area contributed by atoms with Crippen molar-refractivity contribution in [3.05, 3.63) is 41.5 Å². The third-order valence-electron chi connectivity index (χ3n) is 5.44. The Kier molecular flexibility index (Phi) is 17.9. The van der Waals surface area contributed by atoms with Crippen LogP contribution in [-0.2, 0) is 0 Å². The van der Waals surface area contributed by atoms with Crippen LogP contribution in [0.1, 0.15) is 109 Å². The smallest absolute Gasteiger partial charge is 0.186 e. The molecule has 1 aromatic carbocycles. The zero-order chi connectivity index (χ0) is 22.4. The number of benzene rings is 1. The Bertz CT molecular complexity index is 610. The second-order valence-electron chi connectivity index (χ2n) is 8.52. The van der Waals surface area contributed by atoms with Gasteiger partial charge in [0.2, 0.25) is 0 Å². The molecule has 0 aromatic heterocycles. The number of thiocarbonyl (C=S) groups is 1. The third kappa shape index (κ3) is 17.7. The molecule has 0 heterocycles. The van der Waals surface area contributed by atoms with E-state index in [1.165, 1.54) is 89.0 Å². The third-order valence-corrected chi connectivity index (χ3v) is 5.68. The van der Waals surface area contributed by atoms with Crippen molar-refractivity contribution in [1.29, 1.82) is 0 Å². The van der Waals surface area contributed by atoms with Gasteiger partial charge in [-0.15, -0.1) is 0 Å². The van der Waals surface area contributed by atoms with Gasteiger partial charge in [0.15, 0.2) is 5.11 Å². The summed E-state index contributed by atoms with van der Waals surface area (Å²) in [5.74, 6) is 0. The molecule has 0 spiro atoms. The van der Waals surface area contributed by atoms with Crippen LogP contribution in [0.15, 0.2) is 41.0 Å². The number of hydrogen-bond donors (Lipinski definition) is 2. The van der Waals surface area contributed by atoms with E-state index in [1.54, 1.807) is 6.21 Å². The van der Waals surface area contributed by atoms with E-state index in [2.05, 4.69) is 41.0 Å². The van der Waals surface area contributed by atoms with Crippen LogP contribution < -0.4 is 10.7 Å². The summed E-state index contributed by atoms with van der Waals surface area (Å²) in [6.07, 6.45) is 23.2. The Balaban J connectivity index is 1.89. The highest BCUT2D eigenvalue weighted by atomic mass is 32.1. The van der Waals surface area contributed by atoms with Gasteiger partial charge in [0.05, 0.1) is 6.21 Å². The van der Waals surface area contributed by atoms with Gasteiger partial charge in [-0.3, -0.25) is 5.43 Å². The van der Waals surface area contributed by atoms with Crippen molar-refractivity contribution in [1.82, 2.24) is 10.7 Å². The lowest BCUT2D eigenvalue weighted by Crippen LogP contribution is -2.32. The van der Waals surface area contributed by atoms with Gasteiger partial charge in [0, 0.05) is 6.54 Å². The molecule has 0 aliphatic carbocycles. The number of nitrogens with one attached hydrogen (secondary N) is 2. The summed E-state index contributed by atoms with van der Waals surface area (Å²) in [5.41, 5.74) is 5.15. The average molecular weight is 444 g/mol. The number of hydrazone groups is 1. The summed E-state index contributed by atoms with van der Waals surface area (Å²) in [5, 5.41) is 8.04. The van der Waals surface area contributed by atoms with Crippen LogP contribution >= 0.6 is 12.2 Å². The lowest BCUT2D eigenvalue weighted by atomic mass is 10.0. The first kappa shape index (κ1) is 27.4. The number of unbranched alkanes of at least 4 members (excludes halogenated alkanes) is 13. The molecule has 0 radical (unpaired) electrons. The van der Waals surface area contributed by atoms with Gasteiger partial charge in [0.25, 0.3) is 0 Å². The van der Waals surface area contributed by atoms with Crippen LogP contribution in [0, 0.1) is 0 Å². The molecule has 0 fully saturated rings. The molecule has 0 bridgehead atoms. The lowest BCUT2D eigenvalue weighted by molar-refractivity contribution is 0.535. The minimum atomic E-state index is 0.596. The fraction of sp³-hybridized carbons (Fsp3) is 0.630. The van der Waals surface area contributed by atoms with Gasteiger partial charge >= 0.3 is 0 Å². The largest absolute Gasteiger partial charge is 0.361 e. The van der Waals surface area contributed by atoms with Crippen LogP contribution in [-0.4, -0.2) is 17.9 Å². The maximum absolute atomic E-state index is 5.28. The van der Waals surface area contributed by atoms with Crippen molar-refractivity contribution < 1.29 is 0 Å². The van der Waals surface area contributed by atoms with Crippen molar-refractivity contribution in [3.8, 4) is 0 Å². The molecule has 0 atom stereocenters. The number of allylic oxidation sites excluding steroid dienone is 1. The van der Waals surface area contributed by atoms with Gasteiger partial charge in [-0.1, -0.05) is 127 Å². The highest BCUT2D eigenvalue weighted by molar-refractivity contribution is 7.80. The van der Waals surface area contributed by atoms with Crippen molar-refractivity contribution in [2.45, 2.75) is 104 Å². The van der Waals surface area contributed by atoms with E-state index < -0.39 is 0 Å². The van der Waals surface area contributed by atoms with Crippen LogP contribution in [0.25, 0.3) is 6.08 Å². The number of nitrogens with zero attached hydrogens (tertiary/aromatic N) is 1. The molecule has 1 rings (SSSR count). The summed E-state index contributed by atoms with van der Waals surface area (Å²) in [4.78, 5) is 0. The first-order valence-electron chi connectivity index (χ1n) is 12.5. The van der Waals surface area contributed by atoms with E-state index in [0.29, 0.717) is 5.11 Å². The van der Waals surface area contributed by atoms with E-state index in [9.17, 15) is 0 Å². The Labute approximate surface area is 197 Å². The summed E-state index contributed by atoms with van der Waals surface area (Å²) in [6.45, 7) is 5.23. The molecule has 0 saturated heterocycles. The zero-order valence-corrected chi connectivity index (χ0v) is 20.8. The minimum absolute atomic E-state index is 0.596. The fourth-order valence-corrected chi connectivity index (χ4v) is 3.76. The van der Waals surface area contributed by atoms with Gasteiger partial charge in [0.1, 0.15) is 0 Å². The van der Waals surface area contributed by atoms with Crippen molar-refractivity contribution in [2.75, 3.05) is 6.54 Å². The zero-order valence-electron chi connectivity index (χ0n) is 20.0. The van der Waals surface area contributed by atoms with Crippen LogP contribution in [0.4, 0.5) is 0 Å². The van der Waals surface area contributed by atoms with Gasteiger partial charge in [-0.2, -0.15) is 5.10 Å². The SMILES string of the molecule is CCCCCCCCCCCCCCCCNC(=S)N/N=C\C(C)=C/c1ccccc1. The quantitative estimate of drug-likeness (QED) is 0.104. The first-order chi connectivity index (χ1) is 15.2. The van der Waals surface area contributed by atoms with Crippen LogP contribution in [0.5, 0.6) is 0 Å². The topological polar surface area (TPSA) is 36.4 Å². The van der Waals surface area contributed by atoms with Gasteiger partial charge in [-0.05, 0) is 36.7 Å². The second-order valence-corrected chi connectivity index (χ2v) is 8.93. The van der Waals surface area contributed by atoms with E-state index in [-0.39, 0.29) is 0 Å². The van der Waals surface area contributed by atoms with Crippen LogP contribution in [0.3, 0.4) is 0 Å². The summed E-state index contributed by atoms with van der Waals surface area (Å²) < 4.78 is 0. The molecule has 31 heavy (non-hydrogen) atoms. The maximum atomic E-state index is 5.28. The predicted octanol–water partition coefficient (Wildman–Crippen LogP) is 8.02. The Morgan fingerprint density at radius 1 is 0.806 bits per heavy atom. The van der Waals surface area contributed by atoms with Gasteiger partial charge < -0.3 is 5.32 Å².